The molecule has 0 amide bonds. The summed E-state index contributed by atoms with van der Waals surface area (Å²) in [7, 11) is 3.30. The number of halogens is 2. The van der Waals surface area contributed by atoms with Crippen molar-refractivity contribution in [3.8, 4) is 5.75 Å². The van der Waals surface area contributed by atoms with E-state index in [1.165, 1.54) is 5.56 Å². The lowest BCUT2D eigenvalue weighted by Crippen LogP contribution is -2.25. The highest BCUT2D eigenvalue weighted by atomic mass is 79.9. The van der Waals surface area contributed by atoms with Gasteiger partial charge in [0.05, 0.1) is 23.6 Å². The van der Waals surface area contributed by atoms with Gasteiger partial charge in [-0.1, -0.05) is 6.07 Å². The third-order valence-corrected chi connectivity index (χ3v) is 3.16. The Balaban J connectivity index is 2.39. The van der Waals surface area contributed by atoms with Crippen LogP contribution in [0.1, 0.15) is 5.56 Å². The van der Waals surface area contributed by atoms with Gasteiger partial charge in [0.15, 0.2) is 0 Å². The van der Waals surface area contributed by atoms with E-state index in [4.69, 9.17) is 21.1 Å². The van der Waals surface area contributed by atoms with Crippen molar-refractivity contribution in [3.05, 3.63) is 28.2 Å². The first-order chi connectivity index (χ1) is 8.17. The highest BCUT2D eigenvalue weighted by Crippen LogP contribution is 2.25. The SMILES string of the molecule is COCC(Cl)CNCc1ccc(OC)c(Br)c1. The molecule has 1 aromatic carbocycles. The highest BCUT2D eigenvalue weighted by Gasteiger charge is 2.04. The van der Waals surface area contributed by atoms with Crippen molar-refractivity contribution >= 4 is 27.5 Å². The van der Waals surface area contributed by atoms with Crippen molar-refractivity contribution in [1.82, 2.24) is 5.32 Å². The second-order valence-corrected chi connectivity index (χ2v) is 5.12. The van der Waals surface area contributed by atoms with Crippen molar-refractivity contribution in [3.63, 3.8) is 0 Å². The van der Waals surface area contributed by atoms with E-state index in [2.05, 4.69) is 21.2 Å². The Morgan fingerprint density at radius 3 is 2.76 bits per heavy atom. The van der Waals surface area contributed by atoms with E-state index in [9.17, 15) is 0 Å². The minimum atomic E-state index is 0.00156. The molecule has 0 saturated carbocycles. The van der Waals surface area contributed by atoms with E-state index in [0.29, 0.717) is 6.61 Å². The molecule has 0 bridgehead atoms. The molecule has 0 fully saturated rings. The third kappa shape index (κ3) is 5.25. The molecule has 1 N–H and O–H groups in total. The zero-order chi connectivity index (χ0) is 12.7. The molecule has 0 spiro atoms. The van der Waals surface area contributed by atoms with Gasteiger partial charge in [0.1, 0.15) is 5.75 Å². The van der Waals surface area contributed by atoms with Gasteiger partial charge in [0, 0.05) is 20.2 Å². The van der Waals surface area contributed by atoms with Crippen LogP contribution in [0.2, 0.25) is 0 Å². The molecular formula is C12H17BrClNO2. The van der Waals surface area contributed by atoms with Crippen molar-refractivity contribution in [2.45, 2.75) is 11.9 Å². The van der Waals surface area contributed by atoms with E-state index in [0.717, 1.165) is 23.3 Å². The minimum absolute atomic E-state index is 0.00156. The summed E-state index contributed by atoms with van der Waals surface area (Å²) >= 11 is 9.46. The Kier molecular flexibility index (Phi) is 6.89. The maximum atomic E-state index is 6.01. The first-order valence-electron chi connectivity index (χ1n) is 5.33. The van der Waals surface area contributed by atoms with Crippen LogP contribution in [0.4, 0.5) is 0 Å². The molecule has 96 valence electrons. The lowest BCUT2D eigenvalue weighted by molar-refractivity contribution is 0.197. The van der Waals surface area contributed by atoms with Gasteiger partial charge >= 0.3 is 0 Å². The predicted molar refractivity (Wildman–Crippen MR) is 73.9 cm³/mol. The normalized spacial score (nSPS) is 12.5. The van der Waals surface area contributed by atoms with Crippen LogP contribution in [0, 0.1) is 0 Å². The maximum absolute atomic E-state index is 6.01. The molecule has 1 rings (SSSR count). The standard InChI is InChI=1S/C12H17BrClNO2/c1-16-8-10(14)7-15-6-9-3-4-12(17-2)11(13)5-9/h3-5,10,15H,6-8H2,1-2H3. The highest BCUT2D eigenvalue weighted by molar-refractivity contribution is 9.10. The van der Waals surface area contributed by atoms with Gasteiger partial charge in [-0.2, -0.15) is 0 Å². The first-order valence-corrected chi connectivity index (χ1v) is 6.56. The molecule has 5 heteroatoms. The summed E-state index contributed by atoms with van der Waals surface area (Å²) in [5.74, 6) is 0.836. The molecule has 0 aliphatic rings. The smallest absolute Gasteiger partial charge is 0.133 e. The Bertz CT molecular complexity index is 349. The van der Waals surface area contributed by atoms with E-state index >= 15 is 0 Å². The minimum Gasteiger partial charge on any atom is -0.496 e. The fraction of sp³-hybridized carbons (Fsp3) is 0.500. The lowest BCUT2D eigenvalue weighted by atomic mass is 10.2. The second-order valence-electron chi connectivity index (χ2n) is 3.65. The zero-order valence-corrected chi connectivity index (χ0v) is 12.3. The van der Waals surface area contributed by atoms with Crippen LogP contribution in [0.5, 0.6) is 5.75 Å². The Hall–Kier alpha value is -0.290. The number of benzene rings is 1. The second kappa shape index (κ2) is 7.93. The number of hydrogen-bond acceptors (Lipinski definition) is 3. The van der Waals surface area contributed by atoms with Crippen LogP contribution in [0.15, 0.2) is 22.7 Å². The maximum Gasteiger partial charge on any atom is 0.133 e. The Morgan fingerprint density at radius 1 is 1.41 bits per heavy atom. The molecular weight excluding hydrogens is 305 g/mol. The molecule has 0 heterocycles. The summed E-state index contributed by atoms with van der Waals surface area (Å²) < 4.78 is 11.1. The zero-order valence-electron chi connectivity index (χ0n) is 10.0. The molecule has 0 aliphatic heterocycles. The summed E-state index contributed by atoms with van der Waals surface area (Å²) in [5, 5.41) is 3.28. The molecule has 1 atom stereocenters. The van der Waals surface area contributed by atoms with Gasteiger partial charge in [-0.05, 0) is 33.6 Å². The largest absolute Gasteiger partial charge is 0.496 e. The fourth-order valence-electron chi connectivity index (χ4n) is 1.43. The summed E-state index contributed by atoms with van der Waals surface area (Å²) in [6, 6.07) is 6.00. The number of methoxy groups -OCH3 is 2. The van der Waals surface area contributed by atoms with Crippen LogP contribution in [0.3, 0.4) is 0 Å². The molecule has 0 radical (unpaired) electrons. The van der Waals surface area contributed by atoms with Crippen LogP contribution < -0.4 is 10.1 Å². The number of hydrogen-bond donors (Lipinski definition) is 1. The van der Waals surface area contributed by atoms with Crippen LogP contribution in [0.25, 0.3) is 0 Å². The van der Waals surface area contributed by atoms with E-state index in [1.54, 1.807) is 14.2 Å². The molecule has 17 heavy (non-hydrogen) atoms. The van der Waals surface area contributed by atoms with Crippen molar-refractivity contribution < 1.29 is 9.47 Å². The van der Waals surface area contributed by atoms with E-state index < -0.39 is 0 Å². The number of ether oxygens (including phenoxy) is 2. The van der Waals surface area contributed by atoms with Crippen molar-refractivity contribution in [2.75, 3.05) is 27.4 Å². The molecule has 0 aliphatic carbocycles. The quantitative estimate of drug-likeness (QED) is 0.783. The summed E-state index contributed by atoms with van der Waals surface area (Å²) in [5.41, 5.74) is 1.18. The molecule has 0 saturated heterocycles. The first kappa shape index (κ1) is 14.8. The lowest BCUT2D eigenvalue weighted by Gasteiger charge is -2.10. The topological polar surface area (TPSA) is 30.5 Å². The summed E-state index contributed by atoms with van der Waals surface area (Å²) in [6.07, 6.45) is 0. The van der Waals surface area contributed by atoms with E-state index in [1.807, 2.05) is 18.2 Å². The van der Waals surface area contributed by atoms with E-state index in [-0.39, 0.29) is 5.38 Å². The number of nitrogens with one attached hydrogen (secondary N) is 1. The summed E-state index contributed by atoms with van der Waals surface area (Å²) in [6.45, 7) is 2.05. The van der Waals surface area contributed by atoms with Gasteiger partial charge < -0.3 is 14.8 Å². The van der Waals surface area contributed by atoms with Crippen molar-refractivity contribution in [1.29, 1.82) is 0 Å². The Morgan fingerprint density at radius 2 is 2.18 bits per heavy atom. The fourth-order valence-corrected chi connectivity index (χ4v) is 2.26. The van der Waals surface area contributed by atoms with Crippen LogP contribution >= 0.6 is 27.5 Å². The van der Waals surface area contributed by atoms with Crippen LogP contribution in [-0.4, -0.2) is 32.7 Å². The van der Waals surface area contributed by atoms with Crippen molar-refractivity contribution in [2.24, 2.45) is 0 Å². The average Bonchev–Trinajstić information content (AvgIpc) is 2.29. The van der Waals surface area contributed by atoms with Gasteiger partial charge in [-0.25, -0.2) is 0 Å². The van der Waals surface area contributed by atoms with Gasteiger partial charge in [-0.3, -0.25) is 0 Å². The molecule has 1 unspecified atom stereocenters. The number of alkyl halides is 1. The third-order valence-electron chi connectivity index (χ3n) is 2.26. The molecule has 0 aromatic heterocycles. The molecule has 1 aromatic rings. The van der Waals surface area contributed by atoms with Gasteiger partial charge in [0.25, 0.3) is 0 Å². The van der Waals surface area contributed by atoms with Gasteiger partial charge in [-0.15, -0.1) is 11.6 Å². The van der Waals surface area contributed by atoms with Gasteiger partial charge in [0.2, 0.25) is 0 Å². The number of rotatable bonds is 7. The summed E-state index contributed by atoms with van der Waals surface area (Å²) in [4.78, 5) is 0. The molecule has 3 nitrogen and oxygen atoms in total. The Labute approximate surface area is 116 Å². The van der Waals surface area contributed by atoms with Crippen LogP contribution in [-0.2, 0) is 11.3 Å². The monoisotopic (exact) mass is 321 g/mol. The average molecular weight is 323 g/mol. The predicted octanol–water partition coefficient (Wildman–Crippen LogP) is 2.80.